The van der Waals surface area contributed by atoms with Crippen molar-refractivity contribution >= 4 is 11.8 Å². The van der Waals surface area contributed by atoms with E-state index in [0.29, 0.717) is 43.9 Å². The Morgan fingerprint density at radius 1 is 1.07 bits per heavy atom. The molecule has 7 heteroatoms. The first-order valence-corrected chi connectivity index (χ1v) is 9.35. The predicted molar refractivity (Wildman–Crippen MR) is 102 cm³/mol. The van der Waals surface area contributed by atoms with Gasteiger partial charge in [-0.05, 0) is 30.2 Å². The van der Waals surface area contributed by atoms with Crippen molar-refractivity contribution in [2.45, 2.75) is 38.0 Å². The van der Waals surface area contributed by atoms with Gasteiger partial charge in [0.05, 0.1) is 5.56 Å². The van der Waals surface area contributed by atoms with Gasteiger partial charge in [-0.2, -0.15) is 4.98 Å². The van der Waals surface area contributed by atoms with Gasteiger partial charge in [0.15, 0.2) is 0 Å². The number of rotatable bonds is 2. The number of hydrogen-bond donors (Lipinski definition) is 1. The number of alkyl halides is 2. The van der Waals surface area contributed by atoms with Crippen molar-refractivity contribution in [3.8, 4) is 11.1 Å². The van der Waals surface area contributed by atoms with Gasteiger partial charge in [-0.15, -0.1) is 0 Å². The second-order valence-electron chi connectivity index (χ2n) is 7.92. The smallest absolute Gasteiger partial charge is 0.264 e. The lowest BCUT2D eigenvalue weighted by molar-refractivity contribution is -0.00685. The Labute approximate surface area is 156 Å². The normalized spacial score (nSPS) is 20.9. The molecule has 1 spiro atoms. The molecule has 2 aromatic rings. The van der Waals surface area contributed by atoms with Crippen molar-refractivity contribution in [2.24, 2.45) is 12.5 Å². The SMILES string of the molecule is Cn1c(N2CCC3(CC2)CCC(F)(F)C3)nc(N)c(-c2ccccc2)c1=O. The lowest BCUT2D eigenvalue weighted by atomic mass is 9.77. The van der Waals surface area contributed by atoms with Crippen LogP contribution in [0, 0.1) is 5.41 Å². The number of aromatic nitrogens is 2. The van der Waals surface area contributed by atoms with Crippen LogP contribution in [-0.4, -0.2) is 28.6 Å². The number of nitrogen functional groups attached to an aromatic ring is 1. The number of benzene rings is 1. The molecule has 1 saturated heterocycles. The van der Waals surface area contributed by atoms with Crippen LogP contribution in [-0.2, 0) is 7.05 Å². The van der Waals surface area contributed by atoms with Crippen molar-refractivity contribution < 1.29 is 8.78 Å². The van der Waals surface area contributed by atoms with E-state index in [4.69, 9.17) is 5.73 Å². The fourth-order valence-electron chi connectivity index (χ4n) is 4.55. The van der Waals surface area contributed by atoms with Crippen molar-refractivity contribution in [3.05, 3.63) is 40.7 Å². The summed E-state index contributed by atoms with van der Waals surface area (Å²) in [6.45, 7) is 1.22. The van der Waals surface area contributed by atoms with E-state index < -0.39 is 5.92 Å². The van der Waals surface area contributed by atoms with E-state index in [9.17, 15) is 13.6 Å². The maximum absolute atomic E-state index is 13.7. The highest BCUT2D eigenvalue weighted by Gasteiger charge is 2.50. The second kappa shape index (κ2) is 6.32. The van der Waals surface area contributed by atoms with Gasteiger partial charge in [0.25, 0.3) is 5.56 Å². The molecular formula is C20H24F2N4O. The molecule has 2 fully saturated rings. The molecule has 1 aromatic carbocycles. The third kappa shape index (κ3) is 3.19. The molecule has 2 heterocycles. The molecule has 1 aromatic heterocycles. The molecule has 0 atom stereocenters. The van der Waals surface area contributed by atoms with Crippen LogP contribution in [0.4, 0.5) is 20.5 Å². The Bertz CT molecular complexity index is 902. The lowest BCUT2D eigenvalue weighted by Gasteiger charge is -2.40. The zero-order chi connectivity index (χ0) is 19.2. The van der Waals surface area contributed by atoms with Gasteiger partial charge in [-0.1, -0.05) is 30.3 Å². The van der Waals surface area contributed by atoms with E-state index in [0.717, 1.165) is 5.56 Å². The Balaban J connectivity index is 1.60. The van der Waals surface area contributed by atoms with E-state index >= 15 is 0 Å². The first-order chi connectivity index (χ1) is 12.8. The van der Waals surface area contributed by atoms with Crippen LogP contribution in [0.1, 0.15) is 32.1 Å². The number of anilines is 2. The molecular weight excluding hydrogens is 350 g/mol. The first kappa shape index (κ1) is 17.9. The summed E-state index contributed by atoms with van der Waals surface area (Å²) in [4.78, 5) is 19.4. The van der Waals surface area contributed by atoms with Gasteiger partial charge >= 0.3 is 0 Å². The van der Waals surface area contributed by atoms with Gasteiger partial charge in [-0.25, -0.2) is 8.78 Å². The molecule has 144 valence electrons. The molecule has 27 heavy (non-hydrogen) atoms. The molecule has 1 aliphatic carbocycles. The summed E-state index contributed by atoms with van der Waals surface area (Å²) in [5, 5.41) is 0. The maximum atomic E-state index is 13.7. The van der Waals surface area contributed by atoms with Crippen LogP contribution < -0.4 is 16.2 Å². The van der Waals surface area contributed by atoms with E-state index in [1.807, 2.05) is 35.2 Å². The van der Waals surface area contributed by atoms with Crippen molar-refractivity contribution in [1.29, 1.82) is 0 Å². The largest absolute Gasteiger partial charge is 0.383 e. The van der Waals surface area contributed by atoms with Crippen LogP contribution in [0.25, 0.3) is 11.1 Å². The maximum Gasteiger partial charge on any atom is 0.264 e. The fraction of sp³-hybridized carbons (Fsp3) is 0.500. The highest BCUT2D eigenvalue weighted by Crippen LogP contribution is 2.53. The summed E-state index contributed by atoms with van der Waals surface area (Å²) >= 11 is 0. The molecule has 0 unspecified atom stereocenters. The van der Waals surface area contributed by atoms with Crippen molar-refractivity contribution in [2.75, 3.05) is 23.7 Å². The number of halogens is 2. The van der Waals surface area contributed by atoms with Crippen LogP contribution >= 0.6 is 0 Å². The molecule has 5 nitrogen and oxygen atoms in total. The minimum Gasteiger partial charge on any atom is -0.383 e. The second-order valence-corrected chi connectivity index (χ2v) is 7.92. The topological polar surface area (TPSA) is 64.2 Å². The number of nitrogens with zero attached hydrogens (tertiary/aromatic N) is 3. The van der Waals surface area contributed by atoms with Gasteiger partial charge in [0.1, 0.15) is 5.82 Å². The van der Waals surface area contributed by atoms with Crippen LogP contribution in [0.15, 0.2) is 35.1 Å². The minimum absolute atomic E-state index is 0.0115. The van der Waals surface area contributed by atoms with E-state index in [2.05, 4.69) is 4.98 Å². The molecule has 1 saturated carbocycles. The Kier molecular flexibility index (Phi) is 4.20. The fourth-order valence-corrected chi connectivity index (χ4v) is 4.55. The van der Waals surface area contributed by atoms with Crippen LogP contribution in [0.3, 0.4) is 0 Å². The van der Waals surface area contributed by atoms with Crippen LogP contribution in [0.2, 0.25) is 0 Å². The molecule has 0 amide bonds. The third-order valence-corrected chi connectivity index (χ3v) is 6.12. The molecule has 0 bridgehead atoms. The average molecular weight is 374 g/mol. The zero-order valence-corrected chi connectivity index (χ0v) is 15.4. The van der Waals surface area contributed by atoms with E-state index in [-0.39, 0.29) is 29.6 Å². The average Bonchev–Trinajstić information content (AvgIpc) is 2.94. The first-order valence-electron chi connectivity index (χ1n) is 9.35. The molecule has 2 N–H and O–H groups in total. The van der Waals surface area contributed by atoms with E-state index in [1.165, 1.54) is 4.57 Å². The summed E-state index contributed by atoms with van der Waals surface area (Å²) in [6, 6.07) is 9.24. The Hall–Kier alpha value is -2.44. The molecule has 2 aliphatic rings. The van der Waals surface area contributed by atoms with Crippen LogP contribution in [0.5, 0.6) is 0 Å². The monoisotopic (exact) mass is 374 g/mol. The van der Waals surface area contributed by atoms with Gasteiger partial charge in [-0.3, -0.25) is 9.36 Å². The number of nitrogens with two attached hydrogens (primary N) is 1. The van der Waals surface area contributed by atoms with Crippen molar-refractivity contribution in [3.63, 3.8) is 0 Å². The summed E-state index contributed by atoms with van der Waals surface area (Å²) < 4.78 is 28.9. The highest BCUT2D eigenvalue weighted by atomic mass is 19.3. The Morgan fingerprint density at radius 2 is 1.74 bits per heavy atom. The van der Waals surface area contributed by atoms with Crippen molar-refractivity contribution in [1.82, 2.24) is 9.55 Å². The zero-order valence-electron chi connectivity index (χ0n) is 15.4. The molecule has 0 radical (unpaired) electrons. The molecule has 4 rings (SSSR count). The van der Waals surface area contributed by atoms with E-state index in [1.54, 1.807) is 7.05 Å². The van der Waals surface area contributed by atoms with Gasteiger partial charge < -0.3 is 10.6 Å². The van der Waals surface area contributed by atoms with Gasteiger partial charge in [0, 0.05) is 33.0 Å². The number of hydrogen-bond acceptors (Lipinski definition) is 4. The quantitative estimate of drug-likeness (QED) is 0.875. The summed E-state index contributed by atoms with van der Waals surface area (Å²) in [7, 11) is 1.69. The minimum atomic E-state index is -2.53. The predicted octanol–water partition coefficient (Wildman–Crippen LogP) is 3.44. The summed E-state index contributed by atoms with van der Waals surface area (Å²) in [5.74, 6) is -1.82. The van der Waals surface area contributed by atoms with Gasteiger partial charge in [0.2, 0.25) is 11.9 Å². The summed E-state index contributed by atoms with van der Waals surface area (Å²) in [6.07, 6.45) is 1.94. The highest BCUT2D eigenvalue weighted by molar-refractivity contribution is 5.73. The Morgan fingerprint density at radius 3 is 2.33 bits per heavy atom. The number of piperidine rings is 1. The lowest BCUT2D eigenvalue weighted by Crippen LogP contribution is -2.42. The third-order valence-electron chi connectivity index (χ3n) is 6.12. The standard InChI is InChI=1S/C20H24F2N4O/c1-25-17(27)15(14-5-3-2-4-6-14)16(23)24-18(25)26-11-9-19(10-12-26)7-8-20(21,22)13-19/h2-6H,7-13,23H2,1H3. The molecule has 1 aliphatic heterocycles. The summed E-state index contributed by atoms with van der Waals surface area (Å²) in [5.41, 5.74) is 6.79.